The number of carbonyl (C=O) groups is 1. The van der Waals surface area contributed by atoms with Crippen molar-refractivity contribution in [2.75, 3.05) is 5.32 Å². The molecule has 22 heavy (non-hydrogen) atoms. The van der Waals surface area contributed by atoms with E-state index >= 15 is 0 Å². The zero-order chi connectivity index (χ0) is 16.1. The van der Waals surface area contributed by atoms with Gasteiger partial charge in [0.25, 0.3) is 0 Å². The van der Waals surface area contributed by atoms with Crippen LogP contribution in [0.4, 0.5) is 10.5 Å². The first-order valence-corrected chi connectivity index (χ1v) is 7.20. The Morgan fingerprint density at radius 2 is 1.55 bits per heavy atom. The highest BCUT2D eigenvalue weighted by Gasteiger charge is 2.07. The third-order valence-corrected chi connectivity index (χ3v) is 3.37. The summed E-state index contributed by atoms with van der Waals surface area (Å²) in [6.07, 6.45) is 1.62. The van der Waals surface area contributed by atoms with Crippen molar-refractivity contribution in [3.8, 4) is 0 Å². The van der Waals surface area contributed by atoms with E-state index in [4.69, 9.17) is 0 Å². The van der Waals surface area contributed by atoms with Crippen LogP contribution in [0.25, 0.3) is 0 Å². The molecule has 0 aromatic heterocycles. The number of nitrogens with zero attached hydrogens (tertiary/aromatic N) is 1. The molecule has 0 saturated heterocycles. The summed E-state index contributed by atoms with van der Waals surface area (Å²) in [5.41, 5.74) is 8.69. The van der Waals surface area contributed by atoms with E-state index in [-0.39, 0.29) is 6.03 Å². The van der Waals surface area contributed by atoms with Gasteiger partial charge in [0.2, 0.25) is 0 Å². The lowest BCUT2D eigenvalue weighted by molar-refractivity contribution is 0.252. The lowest BCUT2D eigenvalue weighted by Crippen LogP contribution is -2.25. The molecule has 0 fully saturated rings. The molecule has 0 aliphatic carbocycles. The maximum Gasteiger partial charge on any atom is 0.339 e. The summed E-state index contributed by atoms with van der Waals surface area (Å²) in [5.74, 6) is 0. The lowest BCUT2D eigenvalue weighted by Gasteiger charge is -2.12. The number of nitrogens with one attached hydrogen (secondary N) is 2. The van der Waals surface area contributed by atoms with Gasteiger partial charge in [0.05, 0.1) is 6.21 Å². The van der Waals surface area contributed by atoms with Gasteiger partial charge in [-0.3, -0.25) is 0 Å². The number of hydrogen-bond donors (Lipinski definition) is 2. The fourth-order valence-electron chi connectivity index (χ4n) is 2.34. The lowest BCUT2D eigenvalue weighted by atomic mass is 10.1. The van der Waals surface area contributed by atoms with Crippen LogP contribution in [-0.4, -0.2) is 12.2 Å². The first-order chi connectivity index (χ1) is 10.5. The van der Waals surface area contributed by atoms with Gasteiger partial charge in [-0.15, -0.1) is 0 Å². The fourth-order valence-corrected chi connectivity index (χ4v) is 2.34. The highest BCUT2D eigenvalue weighted by atomic mass is 16.2. The van der Waals surface area contributed by atoms with Gasteiger partial charge >= 0.3 is 6.03 Å². The molecule has 0 bridgehead atoms. The minimum atomic E-state index is -0.349. The fraction of sp³-hybridized carbons (Fsp3) is 0.222. The minimum Gasteiger partial charge on any atom is -0.306 e. The van der Waals surface area contributed by atoms with Crippen LogP contribution >= 0.6 is 0 Å². The molecule has 2 aromatic rings. The average Bonchev–Trinajstić information content (AvgIpc) is 2.45. The van der Waals surface area contributed by atoms with Gasteiger partial charge in [-0.2, -0.15) is 5.10 Å². The van der Waals surface area contributed by atoms with Crippen molar-refractivity contribution in [2.24, 2.45) is 5.10 Å². The molecule has 0 unspecified atom stereocenters. The van der Waals surface area contributed by atoms with E-state index in [1.807, 2.05) is 64.1 Å². The van der Waals surface area contributed by atoms with Crippen LogP contribution in [-0.2, 0) is 0 Å². The first-order valence-electron chi connectivity index (χ1n) is 7.20. The van der Waals surface area contributed by atoms with Gasteiger partial charge in [-0.05, 0) is 44.4 Å². The number of hydrogen-bond acceptors (Lipinski definition) is 2. The van der Waals surface area contributed by atoms with Crippen LogP contribution < -0.4 is 10.7 Å². The number of benzene rings is 2. The van der Waals surface area contributed by atoms with E-state index in [2.05, 4.69) is 15.8 Å². The third kappa shape index (κ3) is 4.19. The Bertz CT molecular complexity index is 680. The molecule has 2 N–H and O–H groups in total. The molecule has 0 spiro atoms. The van der Waals surface area contributed by atoms with Gasteiger partial charge < -0.3 is 5.32 Å². The Kier molecular flexibility index (Phi) is 4.94. The molecule has 4 nitrogen and oxygen atoms in total. The normalized spacial score (nSPS) is 10.7. The van der Waals surface area contributed by atoms with Crippen molar-refractivity contribution >= 4 is 17.9 Å². The van der Waals surface area contributed by atoms with E-state index in [0.29, 0.717) is 0 Å². The molecule has 2 amide bonds. The van der Waals surface area contributed by atoms with Crippen molar-refractivity contribution in [1.82, 2.24) is 5.43 Å². The Balaban J connectivity index is 1.97. The quantitative estimate of drug-likeness (QED) is 0.650. The maximum absolute atomic E-state index is 11.9. The van der Waals surface area contributed by atoms with E-state index in [1.54, 1.807) is 6.21 Å². The number of rotatable bonds is 3. The number of aryl methyl sites for hydroxylation is 4. The summed E-state index contributed by atoms with van der Waals surface area (Å²) < 4.78 is 0. The van der Waals surface area contributed by atoms with Crippen LogP contribution in [0.2, 0.25) is 0 Å². The summed E-state index contributed by atoms with van der Waals surface area (Å²) >= 11 is 0. The van der Waals surface area contributed by atoms with Crippen LogP contribution in [0.5, 0.6) is 0 Å². The van der Waals surface area contributed by atoms with Crippen molar-refractivity contribution in [1.29, 1.82) is 0 Å². The second-order valence-corrected chi connectivity index (χ2v) is 5.51. The molecule has 2 aromatic carbocycles. The Labute approximate surface area is 131 Å². The van der Waals surface area contributed by atoms with Crippen molar-refractivity contribution in [3.05, 3.63) is 64.2 Å². The van der Waals surface area contributed by atoms with Crippen LogP contribution in [0, 0.1) is 27.7 Å². The van der Waals surface area contributed by atoms with Gasteiger partial charge in [0.1, 0.15) is 0 Å². The third-order valence-electron chi connectivity index (χ3n) is 3.37. The highest BCUT2D eigenvalue weighted by Crippen LogP contribution is 2.21. The zero-order valence-corrected chi connectivity index (χ0v) is 13.4. The molecule has 114 valence electrons. The summed E-state index contributed by atoms with van der Waals surface area (Å²) in [5, 5.41) is 6.79. The first kappa shape index (κ1) is 15.8. The topological polar surface area (TPSA) is 53.5 Å². The zero-order valence-electron chi connectivity index (χ0n) is 13.4. The predicted molar refractivity (Wildman–Crippen MR) is 91.6 cm³/mol. The number of amides is 2. The summed E-state index contributed by atoms with van der Waals surface area (Å²) in [6.45, 7) is 8.02. The Hall–Kier alpha value is -2.62. The van der Waals surface area contributed by atoms with Crippen LogP contribution in [0.3, 0.4) is 0 Å². The minimum absolute atomic E-state index is 0.349. The maximum atomic E-state index is 11.9. The van der Waals surface area contributed by atoms with Crippen LogP contribution in [0.1, 0.15) is 27.8 Å². The van der Waals surface area contributed by atoms with Crippen molar-refractivity contribution < 1.29 is 4.79 Å². The van der Waals surface area contributed by atoms with E-state index in [0.717, 1.165) is 22.4 Å². The number of carbonyl (C=O) groups excluding carboxylic acids is 1. The van der Waals surface area contributed by atoms with Crippen molar-refractivity contribution in [3.63, 3.8) is 0 Å². The Morgan fingerprint density at radius 1 is 0.955 bits per heavy atom. The molecule has 0 aliphatic heterocycles. The molecule has 0 atom stereocenters. The molecule has 4 heteroatoms. The van der Waals surface area contributed by atoms with Gasteiger partial charge in [-0.1, -0.05) is 47.5 Å². The standard InChI is InChI=1S/C18H21N3O/c1-12-5-7-16(8-6-12)11-19-21-18(22)20-17-14(3)9-13(2)10-15(17)4/h5-11H,1-4H3,(H2,20,21,22)/b19-11+. The Morgan fingerprint density at radius 3 is 2.14 bits per heavy atom. The molecule has 0 heterocycles. The monoisotopic (exact) mass is 295 g/mol. The summed E-state index contributed by atoms with van der Waals surface area (Å²) in [4.78, 5) is 11.9. The van der Waals surface area contributed by atoms with Crippen LogP contribution in [0.15, 0.2) is 41.5 Å². The average molecular weight is 295 g/mol. The predicted octanol–water partition coefficient (Wildman–Crippen LogP) is 4.08. The molecular formula is C18H21N3O. The van der Waals surface area contributed by atoms with Crippen molar-refractivity contribution in [2.45, 2.75) is 27.7 Å². The van der Waals surface area contributed by atoms with Gasteiger partial charge in [0, 0.05) is 5.69 Å². The molecule has 0 radical (unpaired) electrons. The number of anilines is 1. The second kappa shape index (κ2) is 6.89. The summed E-state index contributed by atoms with van der Waals surface area (Å²) in [6, 6.07) is 11.6. The second-order valence-electron chi connectivity index (χ2n) is 5.51. The molecular weight excluding hydrogens is 274 g/mol. The van der Waals surface area contributed by atoms with E-state index < -0.39 is 0 Å². The van der Waals surface area contributed by atoms with Gasteiger partial charge in [-0.25, -0.2) is 10.2 Å². The smallest absolute Gasteiger partial charge is 0.306 e. The molecule has 0 saturated carbocycles. The number of urea groups is 1. The van der Waals surface area contributed by atoms with Gasteiger partial charge in [0.15, 0.2) is 0 Å². The van der Waals surface area contributed by atoms with E-state index in [1.165, 1.54) is 11.1 Å². The molecule has 2 rings (SSSR count). The van der Waals surface area contributed by atoms with E-state index in [9.17, 15) is 4.79 Å². The summed E-state index contributed by atoms with van der Waals surface area (Å²) in [7, 11) is 0. The highest BCUT2D eigenvalue weighted by molar-refractivity contribution is 5.92. The molecule has 0 aliphatic rings. The number of hydrazone groups is 1. The SMILES string of the molecule is Cc1ccc(/C=N/NC(=O)Nc2c(C)cc(C)cc2C)cc1. The largest absolute Gasteiger partial charge is 0.339 e.